The molecule has 2 amide bonds. The molecule has 0 radical (unpaired) electrons. The summed E-state index contributed by atoms with van der Waals surface area (Å²) in [6, 6.07) is 8.18. The van der Waals surface area contributed by atoms with Crippen molar-refractivity contribution >= 4 is 11.8 Å². The molecule has 1 saturated heterocycles. The maximum atomic E-state index is 13.5. The first kappa shape index (κ1) is 19.1. The average molecular weight is 395 g/mol. The first-order chi connectivity index (χ1) is 13.6. The van der Waals surface area contributed by atoms with Gasteiger partial charge in [0.2, 0.25) is 0 Å². The number of nitrogens with zero attached hydrogens (tertiary/aromatic N) is 2. The van der Waals surface area contributed by atoms with Gasteiger partial charge in [0.1, 0.15) is 5.54 Å². The molecule has 0 spiro atoms. The Morgan fingerprint density at radius 2 is 1.45 bits per heavy atom. The van der Waals surface area contributed by atoms with E-state index in [0.717, 1.165) is 11.8 Å². The van der Waals surface area contributed by atoms with E-state index in [0.29, 0.717) is 17.4 Å². The summed E-state index contributed by atoms with van der Waals surface area (Å²) in [5.41, 5.74) is 1.19. The number of hydrogen-bond donors (Lipinski definition) is 0. The zero-order valence-corrected chi connectivity index (χ0v) is 18.4. The minimum Gasteiger partial charge on any atom is -0.270 e. The number of hydrazine groups is 1. The van der Waals surface area contributed by atoms with E-state index < -0.39 is 5.54 Å². The summed E-state index contributed by atoms with van der Waals surface area (Å²) in [5, 5.41) is 3.67. The molecule has 0 N–H and O–H groups in total. The van der Waals surface area contributed by atoms with Crippen molar-refractivity contribution in [3.63, 3.8) is 0 Å². The largest absolute Gasteiger partial charge is 0.273 e. The maximum Gasteiger partial charge on any atom is 0.273 e. The lowest BCUT2D eigenvalue weighted by Gasteiger charge is -2.65. The van der Waals surface area contributed by atoms with Crippen molar-refractivity contribution in [2.45, 2.75) is 83.7 Å². The van der Waals surface area contributed by atoms with Gasteiger partial charge in [-0.15, -0.1) is 0 Å². The highest BCUT2D eigenvalue weighted by Crippen LogP contribution is 2.57. The quantitative estimate of drug-likeness (QED) is 0.724. The Labute approximate surface area is 174 Å². The van der Waals surface area contributed by atoms with E-state index in [1.165, 1.54) is 37.7 Å². The molecule has 0 unspecified atom stereocenters. The van der Waals surface area contributed by atoms with Gasteiger partial charge in [-0.05, 0) is 92.7 Å². The van der Waals surface area contributed by atoms with Crippen LogP contribution in [0.5, 0.6) is 0 Å². The molecule has 29 heavy (non-hydrogen) atoms. The minimum atomic E-state index is -0.756. The van der Waals surface area contributed by atoms with Gasteiger partial charge in [0, 0.05) is 5.56 Å². The SMILES string of the molecule is CC(C)(C)c1ccc(C(=O)N2N(C3C4CC5CC(C4)CC3C5)C(=O)C2(C)C)cc1. The van der Waals surface area contributed by atoms with Crippen LogP contribution in [-0.4, -0.2) is 33.4 Å². The number of hydrogen-bond acceptors (Lipinski definition) is 2. The fourth-order valence-corrected chi connectivity index (χ4v) is 6.84. The van der Waals surface area contributed by atoms with Crippen LogP contribution in [-0.2, 0) is 10.2 Å². The summed E-state index contributed by atoms with van der Waals surface area (Å²) in [7, 11) is 0. The van der Waals surface area contributed by atoms with Gasteiger partial charge >= 0.3 is 0 Å². The van der Waals surface area contributed by atoms with Gasteiger partial charge in [-0.25, -0.2) is 10.0 Å². The number of carbonyl (C=O) groups excluding carboxylic acids is 2. The van der Waals surface area contributed by atoms with Crippen molar-refractivity contribution in [1.29, 1.82) is 0 Å². The van der Waals surface area contributed by atoms with Crippen molar-refractivity contribution in [3.05, 3.63) is 35.4 Å². The zero-order valence-electron chi connectivity index (χ0n) is 18.4. The van der Waals surface area contributed by atoms with E-state index in [9.17, 15) is 9.59 Å². The Morgan fingerprint density at radius 3 is 1.93 bits per heavy atom. The molecule has 0 atom stereocenters. The average Bonchev–Trinajstić information content (AvgIpc) is 2.65. The van der Waals surface area contributed by atoms with E-state index in [2.05, 4.69) is 32.9 Å². The van der Waals surface area contributed by atoms with E-state index in [1.807, 2.05) is 31.0 Å². The number of benzene rings is 1. The van der Waals surface area contributed by atoms with Gasteiger partial charge in [0.25, 0.3) is 11.8 Å². The van der Waals surface area contributed by atoms with E-state index in [1.54, 1.807) is 5.01 Å². The van der Waals surface area contributed by atoms with Gasteiger partial charge in [-0.1, -0.05) is 32.9 Å². The molecule has 4 heteroatoms. The highest BCUT2D eigenvalue weighted by Gasteiger charge is 2.62. The van der Waals surface area contributed by atoms with E-state index in [4.69, 9.17) is 0 Å². The van der Waals surface area contributed by atoms with Crippen molar-refractivity contribution in [2.24, 2.45) is 23.7 Å². The van der Waals surface area contributed by atoms with Gasteiger partial charge < -0.3 is 0 Å². The monoisotopic (exact) mass is 394 g/mol. The Bertz CT molecular complexity index is 821. The molecule has 4 nitrogen and oxygen atoms in total. The molecule has 156 valence electrons. The molecule has 1 aromatic carbocycles. The molecule has 4 aliphatic carbocycles. The Kier molecular flexibility index (Phi) is 4.02. The Morgan fingerprint density at radius 1 is 0.931 bits per heavy atom. The van der Waals surface area contributed by atoms with Crippen molar-refractivity contribution in [2.75, 3.05) is 0 Å². The molecular formula is C25H34N2O2. The predicted molar refractivity (Wildman–Crippen MR) is 113 cm³/mol. The Hall–Kier alpha value is -1.84. The van der Waals surface area contributed by atoms with Crippen molar-refractivity contribution in [3.8, 4) is 0 Å². The molecule has 5 fully saturated rings. The predicted octanol–water partition coefficient (Wildman–Crippen LogP) is 4.79. The van der Waals surface area contributed by atoms with Crippen molar-refractivity contribution < 1.29 is 9.59 Å². The normalized spacial score (nSPS) is 35.1. The highest BCUT2D eigenvalue weighted by molar-refractivity contribution is 6.04. The molecule has 5 aliphatic rings. The van der Waals surface area contributed by atoms with Crippen molar-refractivity contribution in [1.82, 2.24) is 10.0 Å². The second kappa shape index (κ2) is 6.09. The van der Waals surface area contributed by atoms with Crippen LogP contribution in [0.25, 0.3) is 0 Å². The van der Waals surface area contributed by atoms with E-state index >= 15 is 0 Å². The van der Waals surface area contributed by atoms with Crippen LogP contribution in [0.2, 0.25) is 0 Å². The molecule has 1 aromatic rings. The lowest BCUT2D eigenvalue weighted by atomic mass is 9.53. The summed E-state index contributed by atoms with van der Waals surface area (Å²) in [5.74, 6) is 2.94. The second-order valence-electron chi connectivity index (χ2n) is 11.6. The maximum absolute atomic E-state index is 13.5. The van der Waals surface area contributed by atoms with Crippen LogP contribution in [0.15, 0.2) is 24.3 Å². The molecular weight excluding hydrogens is 360 g/mol. The third kappa shape index (κ3) is 2.78. The number of amides is 2. The summed E-state index contributed by atoms with van der Waals surface area (Å²) in [4.78, 5) is 26.7. The van der Waals surface area contributed by atoms with Gasteiger partial charge in [-0.3, -0.25) is 9.59 Å². The van der Waals surface area contributed by atoms with E-state index in [-0.39, 0.29) is 23.3 Å². The van der Waals surface area contributed by atoms with Crippen LogP contribution in [0.4, 0.5) is 0 Å². The fourth-order valence-electron chi connectivity index (χ4n) is 6.84. The highest BCUT2D eigenvalue weighted by atomic mass is 16.2. The lowest BCUT2D eigenvalue weighted by molar-refractivity contribution is -0.230. The first-order valence-corrected chi connectivity index (χ1v) is 11.4. The minimum absolute atomic E-state index is 0.0381. The molecule has 4 bridgehead atoms. The third-order valence-corrected chi connectivity index (χ3v) is 8.13. The van der Waals surface area contributed by atoms with Crippen LogP contribution in [0.3, 0.4) is 0 Å². The standard InChI is InChI=1S/C25H34N2O2/c1-24(2,3)20-8-6-17(7-9-20)22(28)27-25(4,5)23(29)26(27)21-18-11-15-10-16(13-18)14-19(21)12-15/h6-9,15-16,18-19,21H,10-14H2,1-5H3. The lowest BCUT2D eigenvalue weighted by Crippen LogP contribution is -2.80. The smallest absolute Gasteiger partial charge is 0.270 e. The van der Waals surface area contributed by atoms with Crippen LogP contribution in [0.1, 0.15) is 82.6 Å². The summed E-state index contributed by atoms with van der Waals surface area (Å²) in [6.45, 7) is 10.3. The number of rotatable bonds is 2. The zero-order chi connectivity index (χ0) is 20.7. The van der Waals surface area contributed by atoms with Crippen LogP contribution >= 0.6 is 0 Å². The molecule has 1 aliphatic heterocycles. The van der Waals surface area contributed by atoms with Gasteiger partial charge in [0.05, 0.1) is 6.04 Å². The summed E-state index contributed by atoms with van der Waals surface area (Å²) >= 11 is 0. The van der Waals surface area contributed by atoms with Gasteiger partial charge in [-0.2, -0.15) is 0 Å². The number of carbonyl (C=O) groups is 2. The molecule has 4 saturated carbocycles. The first-order valence-electron chi connectivity index (χ1n) is 11.4. The Balaban J connectivity index is 1.43. The summed E-state index contributed by atoms with van der Waals surface area (Å²) in [6.07, 6.45) is 6.35. The van der Waals surface area contributed by atoms with Crippen LogP contribution < -0.4 is 0 Å². The fraction of sp³-hybridized carbons (Fsp3) is 0.680. The van der Waals surface area contributed by atoms with Gasteiger partial charge in [0.15, 0.2) is 0 Å². The summed E-state index contributed by atoms with van der Waals surface area (Å²) < 4.78 is 0. The topological polar surface area (TPSA) is 40.6 Å². The second-order valence-corrected chi connectivity index (χ2v) is 11.6. The van der Waals surface area contributed by atoms with Crippen LogP contribution in [0, 0.1) is 23.7 Å². The third-order valence-electron chi connectivity index (χ3n) is 8.13. The molecule has 0 aromatic heterocycles. The molecule has 1 heterocycles. The molecule has 6 rings (SSSR count).